The van der Waals surface area contributed by atoms with E-state index in [0.717, 1.165) is 17.8 Å². The molecule has 94 valence electrons. The van der Waals surface area contributed by atoms with Gasteiger partial charge in [0.15, 0.2) is 0 Å². The van der Waals surface area contributed by atoms with E-state index < -0.39 is 0 Å². The van der Waals surface area contributed by atoms with Crippen molar-refractivity contribution in [1.29, 1.82) is 0 Å². The third-order valence-electron chi connectivity index (χ3n) is 3.13. The normalized spacial score (nSPS) is 25.1. The van der Waals surface area contributed by atoms with Gasteiger partial charge in [-0.3, -0.25) is 0 Å². The van der Waals surface area contributed by atoms with Crippen LogP contribution < -0.4 is 4.90 Å². The van der Waals surface area contributed by atoms with Crippen LogP contribution in [-0.2, 0) is 11.3 Å². The Labute approximate surface area is 107 Å². The maximum Gasteiger partial charge on any atom is 0.0723 e. The van der Waals surface area contributed by atoms with E-state index in [1.54, 1.807) is 0 Å². The summed E-state index contributed by atoms with van der Waals surface area (Å²) in [5, 5.41) is 10.1. The molecule has 1 fully saturated rings. The Morgan fingerprint density at radius 1 is 1.47 bits per heavy atom. The summed E-state index contributed by atoms with van der Waals surface area (Å²) in [6, 6.07) is 5.91. The van der Waals surface area contributed by atoms with Crippen LogP contribution in [0.1, 0.15) is 19.4 Å². The number of halogens is 1. The lowest BCUT2D eigenvalue weighted by molar-refractivity contribution is 0.0342. The fraction of sp³-hybridized carbons (Fsp3) is 0.538. The third kappa shape index (κ3) is 2.73. The highest BCUT2D eigenvalue weighted by Gasteiger charge is 2.25. The van der Waals surface area contributed by atoms with Gasteiger partial charge < -0.3 is 14.7 Å². The SMILES string of the molecule is CC1CN(c2cc(Cl)ccc2CO)C(C)CO1. The summed E-state index contributed by atoms with van der Waals surface area (Å²) >= 11 is 6.04. The van der Waals surface area contributed by atoms with Gasteiger partial charge in [0, 0.05) is 28.9 Å². The molecular weight excluding hydrogens is 238 g/mol. The molecule has 0 aliphatic carbocycles. The van der Waals surface area contributed by atoms with Crippen molar-refractivity contribution in [3.8, 4) is 0 Å². The molecule has 1 aliphatic rings. The molecule has 1 aliphatic heterocycles. The molecule has 0 radical (unpaired) electrons. The van der Waals surface area contributed by atoms with Crippen molar-refractivity contribution in [2.75, 3.05) is 18.1 Å². The number of rotatable bonds is 2. The zero-order valence-corrected chi connectivity index (χ0v) is 10.9. The van der Waals surface area contributed by atoms with E-state index in [-0.39, 0.29) is 12.7 Å². The van der Waals surface area contributed by atoms with Crippen LogP contribution in [0.25, 0.3) is 0 Å². The largest absolute Gasteiger partial charge is 0.392 e. The van der Waals surface area contributed by atoms with Gasteiger partial charge in [-0.1, -0.05) is 17.7 Å². The van der Waals surface area contributed by atoms with Crippen LogP contribution in [0.15, 0.2) is 18.2 Å². The number of anilines is 1. The fourth-order valence-electron chi connectivity index (χ4n) is 2.18. The van der Waals surface area contributed by atoms with Crippen LogP contribution in [0.4, 0.5) is 5.69 Å². The van der Waals surface area contributed by atoms with E-state index >= 15 is 0 Å². The molecule has 1 aromatic rings. The molecule has 1 N–H and O–H groups in total. The van der Waals surface area contributed by atoms with E-state index in [2.05, 4.69) is 18.7 Å². The minimum atomic E-state index is 0.0327. The molecule has 1 heterocycles. The van der Waals surface area contributed by atoms with Crippen molar-refractivity contribution < 1.29 is 9.84 Å². The van der Waals surface area contributed by atoms with Gasteiger partial charge >= 0.3 is 0 Å². The summed E-state index contributed by atoms with van der Waals surface area (Å²) in [5.74, 6) is 0. The van der Waals surface area contributed by atoms with Crippen LogP contribution in [0.5, 0.6) is 0 Å². The lowest BCUT2D eigenvalue weighted by Gasteiger charge is -2.39. The molecule has 1 saturated heterocycles. The van der Waals surface area contributed by atoms with Crippen molar-refractivity contribution in [2.45, 2.75) is 32.6 Å². The lowest BCUT2D eigenvalue weighted by Crippen LogP contribution is -2.47. The smallest absolute Gasteiger partial charge is 0.0723 e. The second-order valence-corrected chi connectivity index (χ2v) is 5.01. The molecular formula is C13H18ClNO2. The van der Waals surface area contributed by atoms with Gasteiger partial charge in [0.1, 0.15) is 0 Å². The maximum atomic E-state index is 9.39. The molecule has 1 aromatic carbocycles. The topological polar surface area (TPSA) is 32.7 Å². The number of ether oxygens (including phenoxy) is 1. The summed E-state index contributed by atoms with van der Waals surface area (Å²) in [6.45, 7) is 5.74. The molecule has 2 rings (SSSR count). The van der Waals surface area contributed by atoms with Gasteiger partial charge in [0.05, 0.1) is 19.3 Å². The van der Waals surface area contributed by atoms with Crippen LogP contribution >= 0.6 is 11.6 Å². The predicted molar refractivity (Wildman–Crippen MR) is 69.6 cm³/mol. The highest BCUT2D eigenvalue weighted by Crippen LogP contribution is 2.28. The van der Waals surface area contributed by atoms with Crippen LogP contribution in [0, 0.1) is 0 Å². The van der Waals surface area contributed by atoms with Gasteiger partial charge in [-0.15, -0.1) is 0 Å². The monoisotopic (exact) mass is 255 g/mol. The average molecular weight is 256 g/mol. The first kappa shape index (κ1) is 12.7. The van der Waals surface area contributed by atoms with E-state index in [0.29, 0.717) is 17.7 Å². The number of benzene rings is 1. The summed E-state index contributed by atoms with van der Waals surface area (Å²) < 4.78 is 5.61. The first-order valence-electron chi connectivity index (χ1n) is 5.89. The molecule has 0 saturated carbocycles. The molecule has 3 nitrogen and oxygen atoms in total. The fourth-order valence-corrected chi connectivity index (χ4v) is 2.34. The van der Waals surface area contributed by atoms with Crippen LogP contribution in [-0.4, -0.2) is 30.4 Å². The molecule has 0 bridgehead atoms. The Morgan fingerprint density at radius 3 is 2.94 bits per heavy atom. The van der Waals surface area contributed by atoms with Crippen molar-refractivity contribution in [3.05, 3.63) is 28.8 Å². The molecule has 0 amide bonds. The van der Waals surface area contributed by atoms with Crippen molar-refractivity contribution in [2.24, 2.45) is 0 Å². The highest BCUT2D eigenvalue weighted by molar-refractivity contribution is 6.30. The number of aliphatic hydroxyl groups is 1. The van der Waals surface area contributed by atoms with E-state index in [4.69, 9.17) is 16.3 Å². The van der Waals surface area contributed by atoms with E-state index in [9.17, 15) is 5.11 Å². The lowest BCUT2D eigenvalue weighted by atomic mass is 10.1. The summed E-state index contributed by atoms with van der Waals surface area (Å²) in [4.78, 5) is 2.26. The number of hydrogen-bond acceptors (Lipinski definition) is 3. The van der Waals surface area contributed by atoms with Gasteiger partial charge in [-0.25, -0.2) is 0 Å². The molecule has 0 spiro atoms. The molecule has 0 aromatic heterocycles. The van der Waals surface area contributed by atoms with Gasteiger partial charge in [0.25, 0.3) is 0 Å². The Morgan fingerprint density at radius 2 is 2.24 bits per heavy atom. The standard InChI is InChI=1S/C13H18ClNO2/c1-9-8-17-10(2)6-15(9)13-5-12(14)4-3-11(13)7-16/h3-5,9-10,16H,6-8H2,1-2H3. The molecule has 17 heavy (non-hydrogen) atoms. The minimum absolute atomic E-state index is 0.0327. The van der Waals surface area contributed by atoms with E-state index in [1.165, 1.54) is 0 Å². The number of aliphatic hydroxyl groups excluding tert-OH is 1. The third-order valence-corrected chi connectivity index (χ3v) is 3.37. The number of morpholine rings is 1. The Hall–Kier alpha value is -0.770. The first-order chi connectivity index (χ1) is 8.11. The quantitative estimate of drug-likeness (QED) is 0.881. The maximum absolute atomic E-state index is 9.39. The number of hydrogen-bond donors (Lipinski definition) is 1. The second kappa shape index (κ2) is 5.25. The summed E-state index contributed by atoms with van der Waals surface area (Å²) in [5.41, 5.74) is 1.93. The second-order valence-electron chi connectivity index (χ2n) is 4.58. The van der Waals surface area contributed by atoms with Gasteiger partial charge in [0.2, 0.25) is 0 Å². The number of nitrogens with zero attached hydrogens (tertiary/aromatic N) is 1. The molecule has 2 atom stereocenters. The van der Waals surface area contributed by atoms with E-state index in [1.807, 2.05) is 18.2 Å². The van der Waals surface area contributed by atoms with Crippen LogP contribution in [0.3, 0.4) is 0 Å². The van der Waals surface area contributed by atoms with Gasteiger partial charge in [-0.05, 0) is 26.0 Å². The molecule has 4 heteroatoms. The molecule has 2 unspecified atom stereocenters. The van der Waals surface area contributed by atoms with Crippen molar-refractivity contribution in [1.82, 2.24) is 0 Å². The minimum Gasteiger partial charge on any atom is -0.392 e. The Bertz CT molecular complexity index is 397. The zero-order chi connectivity index (χ0) is 12.4. The summed E-state index contributed by atoms with van der Waals surface area (Å²) in [6.07, 6.45) is 0.205. The van der Waals surface area contributed by atoms with Crippen molar-refractivity contribution in [3.63, 3.8) is 0 Å². The first-order valence-corrected chi connectivity index (χ1v) is 6.27. The highest BCUT2D eigenvalue weighted by atomic mass is 35.5. The Balaban J connectivity index is 2.33. The van der Waals surface area contributed by atoms with Crippen LogP contribution in [0.2, 0.25) is 5.02 Å². The predicted octanol–water partition coefficient (Wildman–Crippen LogP) is 2.45. The zero-order valence-electron chi connectivity index (χ0n) is 10.2. The van der Waals surface area contributed by atoms with Gasteiger partial charge in [-0.2, -0.15) is 0 Å². The Kier molecular flexibility index (Phi) is 3.92. The van der Waals surface area contributed by atoms with Crippen molar-refractivity contribution >= 4 is 17.3 Å². The summed E-state index contributed by atoms with van der Waals surface area (Å²) in [7, 11) is 0. The average Bonchev–Trinajstić information content (AvgIpc) is 2.32.